The van der Waals surface area contributed by atoms with Gasteiger partial charge in [0, 0.05) is 12.2 Å². The highest BCUT2D eigenvalue weighted by molar-refractivity contribution is 5.41. The van der Waals surface area contributed by atoms with E-state index in [-0.39, 0.29) is 12.5 Å². The van der Waals surface area contributed by atoms with Crippen molar-refractivity contribution in [2.45, 2.75) is 13.3 Å². The molecule has 0 aliphatic carbocycles. The van der Waals surface area contributed by atoms with E-state index in [1.54, 1.807) is 0 Å². The summed E-state index contributed by atoms with van der Waals surface area (Å²) in [5, 5.41) is 9.01. The van der Waals surface area contributed by atoms with E-state index >= 15 is 0 Å². The first kappa shape index (κ1) is 11.8. The van der Waals surface area contributed by atoms with Crippen LogP contribution in [0.25, 0.3) is 0 Å². The summed E-state index contributed by atoms with van der Waals surface area (Å²) in [7, 11) is 0. The van der Waals surface area contributed by atoms with Crippen LogP contribution in [-0.2, 0) is 6.42 Å². The molecule has 2 nitrogen and oxygen atoms in total. The van der Waals surface area contributed by atoms with Gasteiger partial charge >= 0.3 is 0 Å². The molecule has 0 fully saturated rings. The number of hydrogen-bond donors (Lipinski definition) is 2. The summed E-state index contributed by atoms with van der Waals surface area (Å²) < 4.78 is 0. The largest absolute Gasteiger partial charge is 0.396 e. The second-order valence-corrected chi connectivity index (χ2v) is 3.65. The standard InChI is InChI=1S/C13H17NO/c1-11(10-15)9-13-6-3-2-5-12(13)7-4-8-14/h2-3,5-6,11,15H,8-10,14H2,1H3/t11-/m0/s1. The van der Waals surface area contributed by atoms with Crippen molar-refractivity contribution in [2.24, 2.45) is 11.7 Å². The van der Waals surface area contributed by atoms with E-state index in [1.165, 1.54) is 5.56 Å². The fraction of sp³-hybridized carbons (Fsp3) is 0.385. The number of rotatable bonds is 3. The van der Waals surface area contributed by atoms with Crippen LogP contribution >= 0.6 is 0 Å². The van der Waals surface area contributed by atoms with Gasteiger partial charge in [-0.3, -0.25) is 0 Å². The van der Waals surface area contributed by atoms with Gasteiger partial charge in [-0.2, -0.15) is 0 Å². The molecule has 0 saturated carbocycles. The molecule has 0 saturated heterocycles. The Balaban J connectivity index is 2.86. The van der Waals surface area contributed by atoms with E-state index in [0.29, 0.717) is 6.54 Å². The molecule has 2 heteroatoms. The molecule has 0 aliphatic rings. The highest BCUT2D eigenvalue weighted by Gasteiger charge is 2.04. The fourth-order valence-electron chi connectivity index (χ4n) is 1.41. The van der Waals surface area contributed by atoms with Crippen LogP contribution in [0.4, 0.5) is 0 Å². The van der Waals surface area contributed by atoms with Crippen molar-refractivity contribution in [3.05, 3.63) is 35.4 Å². The Morgan fingerprint density at radius 1 is 1.40 bits per heavy atom. The minimum absolute atomic E-state index is 0.207. The average molecular weight is 203 g/mol. The molecule has 0 aromatic heterocycles. The van der Waals surface area contributed by atoms with Crippen molar-refractivity contribution in [1.29, 1.82) is 0 Å². The Bertz CT molecular complexity index is 362. The summed E-state index contributed by atoms with van der Waals surface area (Å²) in [6.07, 6.45) is 0.853. The normalized spacial score (nSPS) is 11.7. The van der Waals surface area contributed by atoms with E-state index in [0.717, 1.165) is 12.0 Å². The van der Waals surface area contributed by atoms with E-state index < -0.39 is 0 Å². The van der Waals surface area contributed by atoms with E-state index in [1.807, 2.05) is 31.2 Å². The van der Waals surface area contributed by atoms with Gasteiger partial charge in [0.1, 0.15) is 0 Å². The second-order valence-electron chi connectivity index (χ2n) is 3.65. The summed E-state index contributed by atoms with van der Waals surface area (Å²) in [6.45, 7) is 2.61. The molecule has 0 radical (unpaired) electrons. The van der Waals surface area contributed by atoms with Crippen LogP contribution in [-0.4, -0.2) is 18.3 Å². The zero-order chi connectivity index (χ0) is 11.1. The zero-order valence-electron chi connectivity index (χ0n) is 9.03. The van der Waals surface area contributed by atoms with E-state index in [4.69, 9.17) is 10.8 Å². The number of aliphatic hydroxyl groups excluding tert-OH is 1. The lowest BCUT2D eigenvalue weighted by Gasteiger charge is -2.09. The van der Waals surface area contributed by atoms with E-state index in [2.05, 4.69) is 11.8 Å². The molecule has 0 amide bonds. The predicted molar refractivity (Wildman–Crippen MR) is 62.3 cm³/mol. The summed E-state index contributed by atoms with van der Waals surface area (Å²) >= 11 is 0. The topological polar surface area (TPSA) is 46.2 Å². The van der Waals surface area contributed by atoms with Crippen molar-refractivity contribution in [1.82, 2.24) is 0 Å². The fourth-order valence-corrected chi connectivity index (χ4v) is 1.41. The maximum absolute atomic E-state index is 9.01. The first-order chi connectivity index (χ1) is 7.27. The Kier molecular flexibility index (Phi) is 4.89. The van der Waals surface area contributed by atoms with Gasteiger partial charge < -0.3 is 10.8 Å². The van der Waals surface area contributed by atoms with Crippen LogP contribution in [0.1, 0.15) is 18.1 Å². The second kappa shape index (κ2) is 6.23. The Morgan fingerprint density at radius 3 is 2.80 bits per heavy atom. The Hall–Kier alpha value is -1.30. The third-order valence-corrected chi connectivity index (χ3v) is 2.22. The summed E-state index contributed by atoms with van der Waals surface area (Å²) in [5.74, 6) is 6.17. The van der Waals surface area contributed by atoms with Gasteiger partial charge in [-0.05, 0) is 24.0 Å². The molecule has 0 spiro atoms. The molecular formula is C13H17NO. The summed E-state index contributed by atoms with van der Waals surface area (Å²) in [4.78, 5) is 0. The lowest BCUT2D eigenvalue weighted by atomic mass is 9.97. The first-order valence-electron chi connectivity index (χ1n) is 5.15. The van der Waals surface area contributed by atoms with Crippen LogP contribution in [0.2, 0.25) is 0 Å². The Morgan fingerprint density at radius 2 is 2.13 bits per heavy atom. The van der Waals surface area contributed by atoms with Crippen molar-refractivity contribution in [3.8, 4) is 11.8 Å². The maximum Gasteiger partial charge on any atom is 0.0555 e. The van der Waals surface area contributed by atoms with Crippen LogP contribution in [0.5, 0.6) is 0 Å². The molecule has 0 heterocycles. The summed E-state index contributed by atoms with van der Waals surface area (Å²) in [6, 6.07) is 8.00. The monoisotopic (exact) mass is 203 g/mol. The smallest absolute Gasteiger partial charge is 0.0555 e. The van der Waals surface area contributed by atoms with Crippen molar-refractivity contribution in [2.75, 3.05) is 13.2 Å². The number of aliphatic hydroxyl groups is 1. The van der Waals surface area contributed by atoms with Crippen molar-refractivity contribution < 1.29 is 5.11 Å². The quantitative estimate of drug-likeness (QED) is 0.724. The van der Waals surface area contributed by atoms with Crippen molar-refractivity contribution >= 4 is 0 Å². The molecule has 0 aliphatic heterocycles. The molecule has 80 valence electrons. The van der Waals surface area contributed by atoms with Gasteiger partial charge in [0.15, 0.2) is 0 Å². The highest BCUT2D eigenvalue weighted by atomic mass is 16.3. The van der Waals surface area contributed by atoms with Gasteiger partial charge in [-0.15, -0.1) is 0 Å². The molecule has 1 aromatic rings. The SMILES string of the molecule is C[C@H](CO)Cc1ccccc1C#CCN. The molecule has 1 atom stereocenters. The van der Waals surface area contributed by atoms with E-state index in [9.17, 15) is 0 Å². The minimum atomic E-state index is 0.207. The van der Waals surface area contributed by atoms with Gasteiger partial charge in [0.25, 0.3) is 0 Å². The zero-order valence-corrected chi connectivity index (χ0v) is 9.03. The third-order valence-electron chi connectivity index (χ3n) is 2.22. The molecule has 0 unspecified atom stereocenters. The van der Waals surface area contributed by atoms with Gasteiger partial charge in [0.05, 0.1) is 6.54 Å². The molecular weight excluding hydrogens is 186 g/mol. The van der Waals surface area contributed by atoms with Crippen LogP contribution in [0.15, 0.2) is 24.3 Å². The Labute approximate surface area is 91.1 Å². The number of hydrogen-bond acceptors (Lipinski definition) is 2. The summed E-state index contributed by atoms with van der Waals surface area (Å²) in [5.41, 5.74) is 7.54. The maximum atomic E-state index is 9.01. The lowest BCUT2D eigenvalue weighted by Crippen LogP contribution is -2.05. The molecule has 1 aromatic carbocycles. The molecule has 1 rings (SSSR count). The number of nitrogens with two attached hydrogens (primary N) is 1. The highest BCUT2D eigenvalue weighted by Crippen LogP contribution is 2.12. The predicted octanol–water partition coefficient (Wildman–Crippen LogP) is 1.17. The van der Waals surface area contributed by atoms with Crippen molar-refractivity contribution in [3.63, 3.8) is 0 Å². The van der Waals surface area contributed by atoms with Gasteiger partial charge in [-0.25, -0.2) is 0 Å². The number of benzene rings is 1. The lowest BCUT2D eigenvalue weighted by molar-refractivity contribution is 0.237. The molecule has 15 heavy (non-hydrogen) atoms. The minimum Gasteiger partial charge on any atom is -0.396 e. The van der Waals surface area contributed by atoms with Gasteiger partial charge in [0.2, 0.25) is 0 Å². The van der Waals surface area contributed by atoms with Gasteiger partial charge in [-0.1, -0.05) is 37.0 Å². The van der Waals surface area contributed by atoms with Crippen LogP contribution in [0, 0.1) is 17.8 Å². The van der Waals surface area contributed by atoms with Crippen LogP contribution < -0.4 is 5.73 Å². The average Bonchev–Trinajstić information content (AvgIpc) is 2.28. The molecule has 0 bridgehead atoms. The molecule has 3 N–H and O–H groups in total. The van der Waals surface area contributed by atoms with Crippen LogP contribution in [0.3, 0.4) is 0 Å². The first-order valence-corrected chi connectivity index (χ1v) is 5.15. The third kappa shape index (κ3) is 3.75.